The summed E-state index contributed by atoms with van der Waals surface area (Å²) in [5.41, 5.74) is -1.81. The van der Waals surface area contributed by atoms with Crippen molar-refractivity contribution in [1.82, 2.24) is 9.55 Å². The molecule has 2 saturated heterocycles. The van der Waals surface area contributed by atoms with Crippen LogP contribution in [0.5, 0.6) is 0 Å². The molecule has 0 unspecified atom stereocenters. The first kappa shape index (κ1) is 13.5. The van der Waals surface area contributed by atoms with E-state index in [0.29, 0.717) is 0 Å². The van der Waals surface area contributed by atoms with Gasteiger partial charge in [0.1, 0.15) is 12.2 Å². The fraction of sp³-hybridized carbons (Fsp3) is 0.667. The third-order valence-electron chi connectivity index (χ3n) is 3.46. The molecule has 0 bridgehead atoms. The molecule has 4 atom stereocenters. The van der Waals surface area contributed by atoms with Crippen LogP contribution >= 0.6 is 0 Å². The molecule has 1 N–H and O–H groups in total. The molecular weight excluding hydrogens is 271 g/mol. The van der Waals surface area contributed by atoms with Gasteiger partial charge >= 0.3 is 5.69 Å². The lowest BCUT2D eigenvalue weighted by atomic mass is 10.1. The average Bonchev–Trinajstić information content (AvgIpc) is 2.80. The normalized spacial score (nSPS) is 35.2. The Morgan fingerprint density at radius 3 is 2.65 bits per heavy atom. The summed E-state index contributed by atoms with van der Waals surface area (Å²) < 4.78 is 31.4. The summed E-state index contributed by atoms with van der Waals surface area (Å²) >= 11 is 0. The van der Waals surface area contributed by atoms with Gasteiger partial charge < -0.3 is 14.2 Å². The predicted octanol–water partition coefficient (Wildman–Crippen LogP) is 0.113. The van der Waals surface area contributed by atoms with E-state index in [1.54, 1.807) is 20.8 Å². The Kier molecular flexibility index (Phi) is 2.86. The molecule has 2 fully saturated rings. The number of hydrogen-bond acceptors (Lipinski definition) is 5. The number of nitrogens with zero attached hydrogens (tertiary/aromatic N) is 1. The van der Waals surface area contributed by atoms with E-state index < -0.39 is 35.2 Å². The van der Waals surface area contributed by atoms with Gasteiger partial charge in [0, 0.05) is 0 Å². The monoisotopic (exact) mass is 286 g/mol. The van der Waals surface area contributed by atoms with E-state index in [1.807, 2.05) is 4.98 Å². The number of halogens is 1. The summed E-state index contributed by atoms with van der Waals surface area (Å²) in [5.74, 6) is -1.85. The molecule has 3 heterocycles. The van der Waals surface area contributed by atoms with Crippen LogP contribution < -0.4 is 11.2 Å². The Bertz CT molecular complexity index is 652. The smallest absolute Gasteiger partial charge is 0.330 e. The van der Waals surface area contributed by atoms with Gasteiger partial charge in [-0.2, -0.15) is 4.39 Å². The standard InChI is InChI=1S/C12H15FN2O5/c1-5-7-8(20-12(2,3)19-7)10(18-5)15-4-6(13)9(16)14-11(15)17/h4-5,7-8,10H,1-3H3,(H,14,16,17)/t5-,7-,8-,10-/m1/s1. The largest absolute Gasteiger partial charge is 0.349 e. The zero-order valence-corrected chi connectivity index (χ0v) is 11.3. The minimum atomic E-state index is -1.06. The molecule has 0 amide bonds. The molecule has 8 heteroatoms. The molecule has 0 saturated carbocycles. The third-order valence-corrected chi connectivity index (χ3v) is 3.46. The number of hydrogen-bond donors (Lipinski definition) is 1. The van der Waals surface area contributed by atoms with Gasteiger partial charge in [0.05, 0.1) is 12.3 Å². The first-order chi connectivity index (χ1) is 9.28. The van der Waals surface area contributed by atoms with Crippen molar-refractivity contribution < 1.29 is 18.6 Å². The van der Waals surface area contributed by atoms with Crippen molar-refractivity contribution in [3.63, 3.8) is 0 Å². The highest BCUT2D eigenvalue weighted by molar-refractivity contribution is 4.98. The molecule has 0 radical (unpaired) electrons. The second-order valence-electron chi connectivity index (χ2n) is 5.44. The molecule has 3 rings (SSSR count). The number of ether oxygens (including phenoxy) is 3. The van der Waals surface area contributed by atoms with E-state index in [4.69, 9.17) is 14.2 Å². The first-order valence-corrected chi connectivity index (χ1v) is 6.30. The van der Waals surface area contributed by atoms with Gasteiger partial charge in [-0.25, -0.2) is 4.79 Å². The van der Waals surface area contributed by atoms with Crippen molar-refractivity contribution in [2.24, 2.45) is 0 Å². The van der Waals surface area contributed by atoms with E-state index >= 15 is 0 Å². The Hall–Kier alpha value is -1.51. The van der Waals surface area contributed by atoms with Crippen LogP contribution in [0.15, 0.2) is 15.8 Å². The minimum Gasteiger partial charge on any atom is -0.349 e. The Morgan fingerprint density at radius 1 is 1.30 bits per heavy atom. The van der Waals surface area contributed by atoms with Crippen LogP contribution in [0, 0.1) is 5.82 Å². The van der Waals surface area contributed by atoms with E-state index in [1.165, 1.54) is 0 Å². The SMILES string of the molecule is C[C@H]1O[C@@H](n2cc(F)c(=O)[nH]c2=O)[C@@H]2OC(C)(C)O[C@@H]21. The van der Waals surface area contributed by atoms with E-state index in [0.717, 1.165) is 10.8 Å². The molecule has 1 aromatic rings. The summed E-state index contributed by atoms with van der Waals surface area (Å²) in [7, 11) is 0. The number of H-pyrrole nitrogens is 1. The summed E-state index contributed by atoms with van der Waals surface area (Å²) in [5, 5.41) is 0. The topological polar surface area (TPSA) is 82.6 Å². The Labute approximate surface area is 113 Å². The van der Waals surface area contributed by atoms with Gasteiger partial charge in [-0.3, -0.25) is 14.3 Å². The Morgan fingerprint density at radius 2 is 1.95 bits per heavy atom. The molecule has 110 valence electrons. The lowest BCUT2D eigenvalue weighted by Crippen LogP contribution is -2.38. The van der Waals surface area contributed by atoms with E-state index in [9.17, 15) is 14.0 Å². The highest BCUT2D eigenvalue weighted by Crippen LogP contribution is 2.42. The fourth-order valence-corrected chi connectivity index (χ4v) is 2.65. The van der Waals surface area contributed by atoms with Crippen LogP contribution in [-0.4, -0.2) is 33.7 Å². The van der Waals surface area contributed by atoms with Crippen molar-refractivity contribution in [2.75, 3.05) is 0 Å². The van der Waals surface area contributed by atoms with Crippen molar-refractivity contribution in [1.29, 1.82) is 0 Å². The zero-order chi connectivity index (χ0) is 14.7. The highest BCUT2D eigenvalue weighted by atomic mass is 19.1. The number of nitrogens with one attached hydrogen (secondary N) is 1. The van der Waals surface area contributed by atoms with Crippen LogP contribution in [0.25, 0.3) is 0 Å². The lowest BCUT2D eigenvalue weighted by molar-refractivity contribution is -0.195. The molecule has 0 aromatic carbocycles. The summed E-state index contributed by atoms with van der Waals surface area (Å²) in [6, 6.07) is 0. The second kappa shape index (κ2) is 4.24. The zero-order valence-electron chi connectivity index (χ0n) is 11.3. The Balaban J connectivity index is 2.01. The maximum atomic E-state index is 13.4. The maximum absolute atomic E-state index is 13.4. The molecule has 1 aromatic heterocycles. The van der Waals surface area contributed by atoms with Crippen LogP contribution in [0.2, 0.25) is 0 Å². The van der Waals surface area contributed by atoms with Crippen LogP contribution in [0.3, 0.4) is 0 Å². The fourth-order valence-electron chi connectivity index (χ4n) is 2.65. The van der Waals surface area contributed by atoms with E-state index in [2.05, 4.69) is 0 Å². The van der Waals surface area contributed by atoms with Crippen molar-refractivity contribution >= 4 is 0 Å². The molecule has 2 aliphatic heterocycles. The summed E-state index contributed by atoms with van der Waals surface area (Å²) in [4.78, 5) is 24.8. The number of aromatic nitrogens is 2. The van der Waals surface area contributed by atoms with Crippen molar-refractivity contribution in [2.45, 2.75) is 51.1 Å². The average molecular weight is 286 g/mol. The highest BCUT2D eigenvalue weighted by Gasteiger charge is 2.54. The molecule has 0 spiro atoms. The third kappa shape index (κ3) is 2.00. The van der Waals surface area contributed by atoms with Crippen molar-refractivity contribution in [3.8, 4) is 0 Å². The molecular formula is C12H15FN2O5. The number of rotatable bonds is 1. The lowest BCUT2D eigenvalue weighted by Gasteiger charge is -2.23. The van der Waals surface area contributed by atoms with Crippen LogP contribution in [0.4, 0.5) is 4.39 Å². The van der Waals surface area contributed by atoms with Crippen LogP contribution in [0.1, 0.15) is 27.0 Å². The van der Waals surface area contributed by atoms with Gasteiger partial charge in [-0.1, -0.05) is 0 Å². The van der Waals surface area contributed by atoms with E-state index in [-0.39, 0.29) is 12.2 Å². The maximum Gasteiger partial charge on any atom is 0.330 e. The second-order valence-corrected chi connectivity index (χ2v) is 5.44. The van der Waals surface area contributed by atoms with Gasteiger partial charge in [-0.05, 0) is 20.8 Å². The summed E-state index contributed by atoms with van der Waals surface area (Å²) in [6.45, 7) is 5.30. The van der Waals surface area contributed by atoms with Crippen LogP contribution in [-0.2, 0) is 14.2 Å². The predicted molar refractivity (Wildman–Crippen MR) is 64.7 cm³/mol. The molecule has 20 heavy (non-hydrogen) atoms. The molecule has 2 aliphatic rings. The minimum absolute atomic E-state index is 0.311. The van der Waals surface area contributed by atoms with Crippen molar-refractivity contribution in [3.05, 3.63) is 32.9 Å². The molecule has 0 aliphatic carbocycles. The number of fused-ring (bicyclic) bond motifs is 1. The summed E-state index contributed by atoms with van der Waals surface area (Å²) in [6.07, 6.45) is -1.21. The van der Waals surface area contributed by atoms with Gasteiger partial charge in [0.25, 0.3) is 5.56 Å². The quantitative estimate of drug-likeness (QED) is 0.792. The van der Waals surface area contributed by atoms with Gasteiger partial charge in [-0.15, -0.1) is 0 Å². The van der Waals surface area contributed by atoms with Gasteiger partial charge in [0.15, 0.2) is 12.0 Å². The first-order valence-electron chi connectivity index (χ1n) is 6.30. The molecule has 7 nitrogen and oxygen atoms in total. The number of aromatic amines is 1. The van der Waals surface area contributed by atoms with Gasteiger partial charge in [0.2, 0.25) is 5.82 Å².